The van der Waals surface area contributed by atoms with E-state index >= 15 is 0 Å². The van der Waals surface area contributed by atoms with Gasteiger partial charge in [-0.25, -0.2) is 0 Å². The molecule has 0 radical (unpaired) electrons. The lowest BCUT2D eigenvalue weighted by molar-refractivity contribution is -0.113. The summed E-state index contributed by atoms with van der Waals surface area (Å²) in [6, 6.07) is 16.4. The summed E-state index contributed by atoms with van der Waals surface area (Å²) in [5.41, 5.74) is 4.47. The van der Waals surface area contributed by atoms with Crippen molar-refractivity contribution >= 4 is 23.4 Å². The third kappa shape index (κ3) is 5.30. The van der Waals surface area contributed by atoms with Crippen LogP contribution >= 0.6 is 11.8 Å². The molecule has 2 aromatic carbocycles. The Hall–Kier alpha value is -2.60. The smallest absolute Gasteiger partial charge is 0.234 e. The third-order valence-corrected chi connectivity index (χ3v) is 6.06. The Kier molecular flexibility index (Phi) is 6.66. The predicted octanol–water partition coefficient (Wildman–Crippen LogP) is 5.63. The molecule has 0 saturated carbocycles. The van der Waals surface area contributed by atoms with E-state index in [0.717, 1.165) is 22.2 Å². The molecule has 6 heteroatoms. The first-order chi connectivity index (χ1) is 14.1. The molecule has 0 unspecified atom stereocenters. The van der Waals surface area contributed by atoms with Gasteiger partial charge in [-0.1, -0.05) is 82.8 Å². The summed E-state index contributed by atoms with van der Waals surface area (Å²) in [6.45, 7) is 10.9. The Morgan fingerprint density at radius 2 is 1.67 bits per heavy atom. The summed E-state index contributed by atoms with van der Waals surface area (Å²) in [5, 5.41) is 12.3. The van der Waals surface area contributed by atoms with Crippen LogP contribution in [0.4, 0.5) is 5.69 Å². The first kappa shape index (κ1) is 22.1. The van der Waals surface area contributed by atoms with Gasteiger partial charge in [0.1, 0.15) is 0 Å². The fourth-order valence-electron chi connectivity index (χ4n) is 3.09. The number of nitrogens with one attached hydrogen (secondary N) is 1. The molecule has 1 aromatic heterocycles. The fraction of sp³-hybridized carbons (Fsp3) is 0.375. The molecule has 0 fully saturated rings. The highest BCUT2D eigenvalue weighted by molar-refractivity contribution is 7.99. The second-order valence-electron chi connectivity index (χ2n) is 8.81. The molecule has 0 bridgehead atoms. The van der Waals surface area contributed by atoms with Crippen molar-refractivity contribution in [2.24, 2.45) is 7.05 Å². The molecular weight excluding hydrogens is 392 g/mol. The number of anilines is 1. The number of hydrogen-bond acceptors (Lipinski definition) is 4. The SMILES string of the molecule is CC(C)c1ccc(NC(=O)CSc2nnc(-c3ccc(C(C)(C)C)cc3)n2C)cc1. The topological polar surface area (TPSA) is 59.8 Å². The first-order valence-electron chi connectivity index (χ1n) is 10.2. The van der Waals surface area contributed by atoms with E-state index in [9.17, 15) is 4.79 Å². The molecule has 5 nitrogen and oxygen atoms in total. The minimum absolute atomic E-state index is 0.0589. The molecule has 0 saturated heterocycles. The van der Waals surface area contributed by atoms with Gasteiger partial charge in [-0.2, -0.15) is 0 Å². The molecule has 0 aliphatic carbocycles. The molecule has 0 aliphatic heterocycles. The fourth-order valence-corrected chi connectivity index (χ4v) is 3.80. The lowest BCUT2D eigenvalue weighted by Crippen LogP contribution is -2.14. The molecule has 158 valence electrons. The van der Waals surface area contributed by atoms with Gasteiger partial charge in [0.15, 0.2) is 11.0 Å². The summed E-state index contributed by atoms with van der Waals surface area (Å²) >= 11 is 1.38. The zero-order valence-electron chi connectivity index (χ0n) is 18.6. The van der Waals surface area contributed by atoms with Gasteiger partial charge >= 0.3 is 0 Å². The number of carbonyl (C=O) groups excluding carboxylic acids is 1. The van der Waals surface area contributed by atoms with E-state index in [1.165, 1.54) is 22.9 Å². The maximum atomic E-state index is 12.3. The molecule has 0 atom stereocenters. The Bertz CT molecular complexity index is 999. The Balaban J connectivity index is 1.61. The number of benzene rings is 2. The highest BCUT2D eigenvalue weighted by atomic mass is 32.2. The van der Waals surface area contributed by atoms with Crippen molar-refractivity contribution < 1.29 is 4.79 Å². The van der Waals surface area contributed by atoms with Crippen LogP contribution in [0.5, 0.6) is 0 Å². The van der Waals surface area contributed by atoms with E-state index in [2.05, 4.69) is 74.4 Å². The summed E-state index contributed by atoms with van der Waals surface area (Å²) in [7, 11) is 1.93. The van der Waals surface area contributed by atoms with Gasteiger partial charge in [0.05, 0.1) is 5.75 Å². The van der Waals surface area contributed by atoms with Gasteiger partial charge in [0.2, 0.25) is 5.91 Å². The van der Waals surface area contributed by atoms with Gasteiger partial charge in [0, 0.05) is 18.3 Å². The summed E-state index contributed by atoms with van der Waals surface area (Å²) in [6.07, 6.45) is 0. The van der Waals surface area contributed by atoms with E-state index < -0.39 is 0 Å². The largest absolute Gasteiger partial charge is 0.325 e. The molecule has 0 aliphatic rings. The highest BCUT2D eigenvalue weighted by Crippen LogP contribution is 2.27. The van der Waals surface area contributed by atoms with Crippen LogP contribution < -0.4 is 5.32 Å². The van der Waals surface area contributed by atoms with Crippen LogP contribution in [0, 0.1) is 0 Å². The van der Waals surface area contributed by atoms with Crippen molar-refractivity contribution in [3.05, 3.63) is 59.7 Å². The zero-order chi connectivity index (χ0) is 21.9. The predicted molar refractivity (Wildman–Crippen MR) is 125 cm³/mol. The molecule has 1 heterocycles. The van der Waals surface area contributed by atoms with Crippen LogP contribution in [0.3, 0.4) is 0 Å². The van der Waals surface area contributed by atoms with Crippen LogP contribution in [0.15, 0.2) is 53.7 Å². The van der Waals surface area contributed by atoms with E-state index in [1.54, 1.807) is 0 Å². The Labute approximate surface area is 183 Å². The van der Waals surface area contributed by atoms with Gasteiger partial charge < -0.3 is 9.88 Å². The average molecular weight is 423 g/mol. The summed E-state index contributed by atoms with van der Waals surface area (Å²) in [4.78, 5) is 12.3. The number of amides is 1. The van der Waals surface area contributed by atoms with E-state index in [1.807, 2.05) is 35.9 Å². The van der Waals surface area contributed by atoms with Crippen LogP contribution in [-0.2, 0) is 17.3 Å². The normalized spacial score (nSPS) is 11.7. The summed E-state index contributed by atoms with van der Waals surface area (Å²) < 4.78 is 1.93. The lowest BCUT2D eigenvalue weighted by atomic mass is 9.87. The van der Waals surface area contributed by atoms with Crippen molar-refractivity contribution in [2.45, 2.75) is 51.1 Å². The lowest BCUT2D eigenvalue weighted by Gasteiger charge is -2.19. The summed E-state index contributed by atoms with van der Waals surface area (Å²) in [5.74, 6) is 1.49. The van der Waals surface area contributed by atoms with Crippen molar-refractivity contribution in [2.75, 3.05) is 11.1 Å². The number of aromatic nitrogens is 3. The van der Waals surface area contributed by atoms with E-state index in [-0.39, 0.29) is 17.1 Å². The van der Waals surface area contributed by atoms with Crippen LogP contribution in [-0.4, -0.2) is 26.4 Å². The van der Waals surface area contributed by atoms with E-state index in [0.29, 0.717) is 5.92 Å². The van der Waals surface area contributed by atoms with Crippen LogP contribution in [0.1, 0.15) is 51.7 Å². The van der Waals surface area contributed by atoms with E-state index in [4.69, 9.17) is 0 Å². The van der Waals surface area contributed by atoms with Crippen LogP contribution in [0.2, 0.25) is 0 Å². The molecule has 3 aromatic rings. The van der Waals surface area contributed by atoms with Crippen LogP contribution in [0.25, 0.3) is 11.4 Å². The molecule has 0 spiro atoms. The minimum Gasteiger partial charge on any atom is -0.325 e. The van der Waals surface area contributed by atoms with Crippen molar-refractivity contribution in [3.63, 3.8) is 0 Å². The van der Waals surface area contributed by atoms with Gasteiger partial charge in [0.25, 0.3) is 0 Å². The average Bonchev–Trinajstić information content (AvgIpc) is 3.06. The van der Waals surface area contributed by atoms with Gasteiger partial charge in [-0.3, -0.25) is 4.79 Å². The van der Waals surface area contributed by atoms with Gasteiger partial charge in [-0.05, 0) is 34.6 Å². The zero-order valence-corrected chi connectivity index (χ0v) is 19.4. The second kappa shape index (κ2) is 9.04. The molecule has 3 rings (SSSR count). The number of carbonyl (C=O) groups is 1. The number of hydrogen-bond donors (Lipinski definition) is 1. The Morgan fingerprint density at radius 3 is 2.23 bits per heavy atom. The van der Waals surface area contributed by atoms with Crippen molar-refractivity contribution in [1.82, 2.24) is 14.8 Å². The first-order valence-corrected chi connectivity index (χ1v) is 11.2. The van der Waals surface area contributed by atoms with Crippen molar-refractivity contribution in [1.29, 1.82) is 0 Å². The maximum Gasteiger partial charge on any atom is 0.234 e. The maximum absolute atomic E-state index is 12.3. The molecular formula is C24H30N4OS. The third-order valence-electron chi connectivity index (χ3n) is 5.04. The monoisotopic (exact) mass is 422 g/mol. The number of thioether (sulfide) groups is 1. The molecule has 1 amide bonds. The quantitative estimate of drug-likeness (QED) is 0.523. The Morgan fingerprint density at radius 1 is 1.03 bits per heavy atom. The van der Waals surface area contributed by atoms with Crippen molar-refractivity contribution in [3.8, 4) is 11.4 Å². The number of nitrogens with zero attached hydrogens (tertiary/aromatic N) is 3. The molecule has 1 N–H and O–H groups in total. The minimum atomic E-state index is -0.0589. The number of rotatable bonds is 6. The van der Waals surface area contributed by atoms with Gasteiger partial charge in [-0.15, -0.1) is 10.2 Å². The second-order valence-corrected chi connectivity index (χ2v) is 9.75. The molecule has 30 heavy (non-hydrogen) atoms. The highest BCUT2D eigenvalue weighted by Gasteiger charge is 2.16. The standard InChI is InChI=1S/C24H30N4OS/c1-16(2)17-9-13-20(14-10-17)25-21(29)15-30-23-27-26-22(28(23)6)18-7-11-19(12-8-18)24(3,4)5/h7-14,16H,15H2,1-6H3,(H,25,29).